The van der Waals surface area contributed by atoms with Crippen LogP contribution in [0.3, 0.4) is 0 Å². The summed E-state index contributed by atoms with van der Waals surface area (Å²) in [6.07, 6.45) is 0. The lowest BCUT2D eigenvalue weighted by Gasteiger charge is -2.06. The van der Waals surface area contributed by atoms with Gasteiger partial charge < -0.3 is 5.32 Å². The first kappa shape index (κ1) is 10.7. The van der Waals surface area contributed by atoms with Gasteiger partial charge in [-0.1, -0.05) is 31.9 Å². The van der Waals surface area contributed by atoms with Crippen molar-refractivity contribution < 1.29 is 0 Å². The predicted molar refractivity (Wildman–Crippen MR) is 71.6 cm³/mol. The number of anilines is 2. The van der Waals surface area contributed by atoms with Crippen molar-refractivity contribution in [3.05, 3.63) is 57.5 Å². The van der Waals surface area contributed by atoms with Crippen LogP contribution in [-0.2, 0) is 0 Å². The van der Waals surface area contributed by atoms with E-state index in [1.165, 1.54) is 0 Å². The van der Waals surface area contributed by atoms with E-state index in [9.17, 15) is 0 Å². The Hall–Kier alpha value is -0.800. The van der Waals surface area contributed by atoms with E-state index >= 15 is 0 Å². The molecule has 2 rings (SSSR count). The highest BCUT2D eigenvalue weighted by Crippen LogP contribution is 2.20. The van der Waals surface area contributed by atoms with Crippen LogP contribution in [-0.4, -0.2) is 0 Å². The molecule has 2 aromatic rings. The van der Waals surface area contributed by atoms with E-state index < -0.39 is 0 Å². The smallest absolute Gasteiger partial charge is 0.0384 e. The minimum atomic E-state index is 1.08. The van der Waals surface area contributed by atoms with Crippen molar-refractivity contribution in [2.75, 3.05) is 5.32 Å². The molecule has 2 aromatic carbocycles. The number of halogens is 2. The van der Waals surface area contributed by atoms with Gasteiger partial charge in [0.15, 0.2) is 0 Å². The zero-order valence-corrected chi connectivity index (χ0v) is 11.0. The SMILES string of the molecule is Brc1ccc(Nc2ccc(Br)cc2)cc1. The minimum Gasteiger partial charge on any atom is -0.356 e. The van der Waals surface area contributed by atoms with Gasteiger partial charge in [0.25, 0.3) is 0 Å². The fourth-order valence-corrected chi connectivity index (χ4v) is 1.76. The molecule has 0 bridgehead atoms. The second-order valence-electron chi connectivity index (χ2n) is 3.14. The summed E-state index contributed by atoms with van der Waals surface area (Å²) in [5.74, 6) is 0. The summed E-state index contributed by atoms with van der Waals surface area (Å²) in [6, 6.07) is 16.2. The van der Waals surface area contributed by atoms with Gasteiger partial charge in [-0.2, -0.15) is 0 Å². The second kappa shape index (κ2) is 4.81. The fraction of sp³-hybridized carbons (Fsp3) is 0. The Kier molecular flexibility index (Phi) is 3.44. The molecule has 0 aliphatic heterocycles. The van der Waals surface area contributed by atoms with Gasteiger partial charge in [-0.15, -0.1) is 0 Å². The Morgan fingerprint density at radius 3 is 1.27 bits per heavy atom. The zero-order valence-electron chi connectivity index (χ0n) is 7.87. The van der Waals surface area contributed by atoms with Crippen LogP contribution in [0.1, 0.15) is 0 Å². The van der Waals surface area contributed by atoms with Crippen LogP contribution in [0, 0.1) is 0 Å². The Morgan fingerprint density at radius 1 is 0.600 bits per heavy atom. The van der Waals surface area contributed by atoms with E-state index in [0.717, 1.165) is 20.3 Å². The van der Waals surface area contributed by atoms with Gasteiger partial charge in [0.05, 0.1) is 0 Å². The maximum absolute atomic E-state index is 3.41. The highest BCUT2D eigenvalue weighted by Gasteiger charge is 1.94. The van der Waals surface area contributed by atoms with Crippen molar-refractivity contribution in [2.45, 2.75) is 0 Å². The molecule has 1 N–H and O–H groups in total. The fourth-order valence-electron chi connectivity index (χ4n) is 1.23. The van der Waals surface area contributed by atoms with E-state index in [1.54, 1.807) is 0 Å². The molecule has 0 saturated carbocycles. The molecule has 0 heterocycles. The molecular formula is C12H9Br2N. The predicted octanol–water partition coefficient (Wildman–Crippen LogP) is 4.96. The average Bonchev–Trinajstić information content (AvgIpc) is 2.25. The Morgan fingerprint density at radius 2 is 0.933 bits per heavy atom. The molecule has 3 heteroatoms. The van der Waals surface area contributed by atoms with Gasteiger partial charge in [0, 0.05) is 20.3 Å². The molecular weight excluding hydrogens is 318 g/mol. The lowest BCUT2D eigenvalue weighted by Crippen LogP contribution is -1.88. The van der Waals surface area contributed by atoms with Gasteiger partial charge in [-0.25, -0.2) is 0 Å². The summed E-state index contributed by atoms with van der Waals surface area (Å²) in [6.45, 7) is 0. The van der Waals surface area contributed by atoms with Crippen molar-refractivity contribution in [1.82, 2.24) is 0 Å². The lowest BCUT2D eigenvalue weighted by molar-refractivity contribution is 1.53. The van der Waals surface area contributed by atoms with Crippen molar-refractivity contribution in [3.63, 3.8) is 0 Å². The highest BCUT2D eigenvalue weighted by molar-refractivity contribution is 9.10. The largest absolute Gasteiger partial charge is 0.356 e. The second-order valence-corrected chi connectivity index (χ2v) is 4.97. The van der Waals surface area contributed by atoms with Crippen LogP contribution in [0.25, 0.3) is 0 Å². The molecule has 0 unspecified atom stereocenters. The third kappa shape index (κ3) is 3.08. The number of nitrogens with one attached hydrogen (secondary N) is 1. The van der Waals surface area contributed by atoms with Gasteiger partial charge >= 0.3 is 0 Å². The van der Waals surface area contributed by atoms with Gasteiger partial charge in [0.1, 0.15) is 0 Å². The standard InChI is InChI=1S/C12H9Br2N/c13-9-1-5-11(6-2-9)15-12-7-3-10(14)4-8-12/h1-8,15H. The van der Waals surface area contributed by atoms with Crippen LogP contribution < -0.4 is 5.32 Å². The topological polar surface area (TPSA) is 12.0 Å². The summed E-state index contributed by atoms with van der Waals surface area (Å²) in [5.41, 5.74) is 2.17. The van der Waals surface area contributed by atoms with Crippen molar-refractivity contribution in [2.24, 2.45) is 0 Å². The molecule has 76 valence electrons. The van der Waals surface area contributed by atoms with Crippen LogP contribution in [0.2, 0.25) is 0 Å². The monoisotopic (exact) mass is 325 g/mol. The van der Waals surface area contributed by atoms with E-state index in [0.29, 0.717) is 0 Å². The molecule has 0 radical (unpaired) electrons. The highest BCUT2D eigenvalue weighted by atomic mass is 79.9. The summed E-state index contributed by atoms with van der Waals surface area (Å²) < 4.78 is 2.17. The maximum Gasteiger partial charge on any atom is 0.0384 e. The van der Waals surface area contributed by atoms with E-state index in [-0.39, 0.29) is 0 Å². The third-order valence-corrected chi connectivity index (χ3v) is 3.03. The first-order chi connectivity index (χ1) is 7.24. The molecule has 0 fully saturated rings. The number of hydrogen-bond donors (Lipinski definition) is 1. The maximum atomic E-state index is 3.41. The molecule has 0 saturated heterocycles. The van der Waals surface area contributed by atoms with Crippen LogP contribution in [0.5, 0.6) is 0 Å². The Bertz CT molecular complexity index is 391. The van der Waals surface area contributed by atoms with E-state index in [4.69, 9.17) is 0 Å². The van der Waals surface area contributed by atoms with Crippen molar-refractivity contribution >= 4 is 43.2 Å². The zero-order chi connectivity index (χ0) is 10.7. The van der Waals surface area contributed by atoms with Crippen molar-refractivity contribution in [1.29, 1.82) is 0 Å². The average molecular weight is 327 g/mol. The van der Waals surface area contributed by atoms with E-state index in [2.05, 4.69) is 37.2 Å². The van der Waals surface area contributed by atoms with Gasteiger partial charge in [-0.05, 0) is 48.5 Å². The van der Waals surface area contributed by atoms with E-state index in [1.807, 2.05) is 48.5 Å². The molecule has 15 heavy (non-hydrogen) atoms. The van der Waals surface area contributed by atoms with Crippen LogP contribution in [0.4, 0.5) is 11.4 Å². The number of rotatable bonds is 2. The first-order valence-electron chi connectivity index (χ1n) is 4.52. The molecule has 1 nitrogen and oxygen atoms in total. The Balaban J connectivity index is 2.15. The summed E-state index contributed by atoms with van der Waals surface area (Å²) >= 11 is 6.81. The minimum absolute atomic E-state index is 1.08. The third-order valence-electron chi connectivity index (χ3n) is 1.98. The molecule has 0 atom stereocenters. The summed E-state index contributed by atoms with van der Waals surface area (Å²) in [4.78, 5) is 0. The molecule has 0 aliphatic carbocycles. The first-order valence-corrected chi connectivity index (χ1v) is 6.11. The Labute approximate surface area is 106 Å². The van der Waals surface area contributed by atoms with Crippen LogP contribution in [0.15, 0.2) is 57.5 Å². The van der Waals surface area contributed by atoms with Crippen molar-refractivity contribution in [3.8, 4) is 0 Å². The normalized spacial score (nSPS) is 10.0. The van der Waals surface area contributed by atoms with Gasteiger partial charge in [-0.3, -0.25) is 0 Å². The number of benzene rings is 2. The molecule has 0 spiro atoms. The van der Waals surface area contributed by atoms with Crippen LogP contribution >= 0.6 is 31.9 Å². The quantitative estimate of drug-likeness (QED) is 0.822. The lowest BCUT2D eigenvalue weighted by atomic mass is 10.3. The number of hydrogen-bond acceptors (Lipinski definition) is 1. The molecule has 0 aromatic heterocycles. The summed E-state index contributed by atoms with van der Waals surface area (Å²) in [7, 11) is 0. The van der Waals surface area contributed by atoms with Gasteiger partial charge in [0.2, 0.25) is 0 Å². The molecule has 0 amide bonds. The summed E-state index contributed by atoms with van der Waals surface area (Å²) in [5, 5.41) is 3.32. The molecule has 0 aliphatic rings.